The third-order valence-corrected chi connectivity index (χ3v) is 6.77. The molecule has 0 unspecified atom stereocenters. The highest BCUT2D eigenvalue weighted by Crippen LogP contribution is 2.23. The van der Waals surface area contributed by atoms with Crippen LogP contribution in [0, 0.1) is 6.92 Å². The maximum absolute atomic E-state index is 12.7. The van der Waals surface area contributed by atoms with Gasteiger partial charge in [-0.1, -0.05) is 30.3 Å². The van der Waals surface area contributed by atoms with E-state index in [4.69, 9.17) is 9.47 Å². The molecule has 0 bridgehead atoms. The molecule has 0 atom stereocenters. The van der Waals surface area contributed by atoms with E-state index in [1.54, 1.807) is 25.1 Å². The first kappa shape index (κ1) is 24.9. The molecule has 0 aliphatic heterocycles. The Kier molecular flexibility index (Phi) is 8.39. The van der Waals surface area contributed by atoms with Gasteiger partial charge in [-0.15, -0.1) is 0 Å². The summed E-state index contributed by atoms with van der Waals surface area (Å²) in [6.07, 6.45) is 1.47. The topological polar surface area (TPSA) is 97.3 Å². The van der Waals surface area contributed by atoms with Gasteiger partial charge in [-0.05, 0) is 66.1 Å². The Bertz CT molecular complexity index is 1240. The van der Waals surface area contributed by atoms with E-state index in [1.807, 2.05) is 42.5 Å². The molecule has 0 aromatic heterocycles. The van der Waals surface area contributed by atoms with Crippen LogP contribution in [0.2, 0.25) is 0 Å². The zero-order valence-electron chi connectivity index (χ0n) is 19.3. The summed E-state index contributed by atoms with van der Waals surface area (Å²) in [6, 6.07) is 21.6. The average Bonchev–Trinajstić information content (AvgIpc) is 2.84. The first-order valence-electron chi connectivity index (χ1n) is 10.5. The summed E-state index contributed by atoms with van der Waals surface area (Å²) in [6.45, 7) is 1.84. The van der Waals surface area contributed by atoms with Crippen molar-refractivity contribution < 1.29 is 22.7 Å². The lowest BCUT2D eigenvalue weighted by atomic mass is 10.2. The molecule has 178 valence electrons. The maximum Gasteiger partial charge on any atom is 0.255 e. The third kappa shape index (κ3) is 6.66. The van der Waals surface area contributed by atoms with Crippen molar-refractivity contribution in [2.45, 2.75) is 18.4 Å². The number of amides is 1. The molecule has 0 radical (unpaired) electrons. The predicted molar refractivity (Wildman–Crippen MR) is 130 cm³/mol. The van der Waals surface area contributed by atoms with Gasteiger partial charge in [0.15, 0.2) is 0 Å². The van der Waals surface area contributed by atoms with Crippen molar-refractivity contribution >= 4 is 22.1 Å². The number of hydrogen-bond donors (Lipinski definition) is 1. The molecular weight excluding hydrogens is 454 g/mol. The van der Waals surface area contributed by atoms with Crippen molar-refractivity contribution in [3.05, 3.63) is 89.5 Å². The minimum Gasteiger partial charge on any atom is -0.496 e. The highest BCUT2D eigenvalue weighted by Gasteiger charge is 2.23. The molecule has 34 heavy (non-hydrogen) atoms. The van der Waals surface area contributed by atoms with Crippen LogP contribution in [0.15, 0.2) is 82.8 Å². The first-order valence-corrected chi connectivity index (χ1v) is 11.9. The number of benzene rings is 3. The Labute approximate surface area is 199 Å². The van der Waals surface area contributed by atoms with E-state index in [1.165, 1.54) is 32.5 Å². The Balaban J connectivity index is 1.50. The number of carbonyl (C=O) groups is 1. The van der Waals surface area contributed by atoms with Crippen molar-refractivity contribution in [2.75, 3.05) is 20.7 Å². The molecule has 3 aromatic rings. The van der Waals surface area contributed by atoms with E-state index in [2.05, 4.69) is 10.5 Å². The number of ether oxygens (including phenoxy) is 2. The summed E-state index contributed by atoms with van der Waals surface area (Å²) in [5, 5.41) is 3.91. The fourth-order valence-electron chi connectivity index (χ4n) is 3.08. The van der Waals surface area contributed by atoms with Gasteiger partial charge in [0.2, 0.25) is 10.0 Å². The molecule has 8 nitrogen and oxygen atoms in total. The lowest BCUT2D eigenvalue weighted by molar-refractivity contribution is -0.121. The lowest BCUT2D eigenvalue weighted by Gasteiger charge is -2.17. The Morgan fingerprint density at radius 1 is 1.06 bits per heavy atom. The van der Waals surface area contributed by atoms with E-state index < -0.39 is 15.9 Å². The summed E-state index contributed by atoms with van der Waals surface area (Å²) in [4.78, 5) is 12.3. The zero-order valence-corrected chi connectivity index (χ0v) is 20.1. The molecule has 1 N–H and O–H groups in total. The van der Waals surface area contributed by atoms with Crippen molar-refractivity contribution in [3.8, 4) is 11.5 Å². The van der Waals surface area contributed by atoms with Crippen LogP contribution >= 0.6 is 0 Å². The van der Waals surface area contributed by atoms with Gasteiger partial charge in [0.1, 0.15) is 18.1 Å². The smallest absolute Gasteiger partial charge is 0.255 e. The first-order chi connectivity index (χ1) is 16.3. The van der Waals surface area contributed by atoms with E-state index in [0.717, 1.165) is 15.4 Å². The Hall–Kier alpha value is -3.69. The summed E-state index contributed by atoms with van der Waals surface area (Å²) in [5.74, 6) is 0.741. The fourth-order valence-corrected chi connectivity index (χ4v) is 4.30. The number of nitrogens with one attached hydrogen (secondary N) is 1. The number of methoxy groups -OCH3 is 1. The normalized spacial score (nSPS) is 11.5. The molecule has 0 spiro atoms. The number of sulfonamides is 1. The molecule has 3 aromatic carbocycles. The number of aryl methyl sites for hydroxylation is 1. The van der Waals surface area contributed by atoms with Gasteiger partial charge in [0.25, 0.3) is 5.91 Å². The van der Waals surface area contributed by atoms with Crippen LogP contribution in [0.3, 0.4) is 0 Å². The third-order valence-electron chi connectivity index (χ3n) is 4.97. The Morgan fingerprint density at radius 3 is 2.41 bits per heavy atom. The molecule has 0 saturated heterocycles. The van der Waals surface area contributed by atoms with E-state index >= 15 is 0 Å². The van der Waals surface area contributed by atoms with Gasteiger partial charge in [0, 0.05) is 7.05 Å². The van der Waals surface area contributed by atoms with Crippen molar-refractivity contribution in [1.82, 2.24) is 9.73 Å². The van der Waals surface area contributed by atoms with E-state index in [-0.39, 0.29) is 11.4 Å². The minimum absolute atomic E-state index is 0.0826. The highest BCUT2D eigenvalue weighted by atomic mass is 32.2. The van der Waals surface area contributed by atoms with Crippen LogP contribution in [-0.2, 0) is 21.4 Å². The van der Waals surface area contributed by atoms with Gasteiger partial charge < -0.3 is 9.47 Å². The number of nitrogens with zero attached hydrogens (tertiary/aromatic N) is 2. The van der Waals surface area contributed by atoms with Crippen molar-refractivity contribution in [3.63, 3.8) is 0 Å². The van der Waals surface area contributed by atoms with Crippen LogP contribution in [-0.4, -0.2) is 45.5 Å². The van der Waals surface area contributed by atoms with Crippen LogP contribution < -0.4 is 14.9 Å². The highest BCUT2D eigenvalue weighted by molar-refractivity contribution is 7.89. The summed E-state index contributed by atoms with van der Waals surface area (Å²) in [5.41, 5.74) is 4.86. The summed E-state index contributed by atoms with van der Waals surface area (Å²) >= 11 is 0. The minimum atomic E-state index is -3.84. The second-order valence-electron chi connectivity index (χ2n) is 7.53. The number of carbonyl (C=O) groups excluding carboxylic acids is 1. The van der Waals surface area contributed by atoms with Crippen LogP contribution in [0.25, 0.3) is 0 Å². The number of hydrogen-bond acceptors (Lipinski definition) is 6. The van der Waals surface area contributed by atoms with Crippen molar-refractivity contribution in [1.29, 1.82) is 0 Å². The van der Waals surface area contributed by atoms with E-state index in [0.29, 0.717) is 23.7 Å². The van der Waals surface area contributed by atoms with Gasteiger partial charge in [-0.2, -0.15) is 9.41 Å². The van der Waals surface area contributed by atoms with Gasteiger partial charge >= 0.3 is 0 Å². The SMILES string of the molecule is COc1ccc(S(=O)(=O)N(C)CC(=O)N/N=C/c2ccc(OCc3ccccc3)cc2)cc1C. The molecule has 9 heteroatoms. The molecular formula is C25H27N3O5S. The number of rotatable bonds is 10. The fraction of sp³-hybridized carbons (Fsp3) is 0.200. The number of hydrazone groups is 1. The molecule has 0 fully saturated rings. The lowest BCUT2D eigenvalue weighted by Crippen LogP contribution is -2.36. The van der Waals surface area contributed by atoms with Gasteiger partial charge in [-0.3, -0.25) is 4.79 Å². The standard InChI is InChI=1S/C25H27N3O5S/c1-19-15-23(13-14-24(19)32-3)34(30,31)28(2)17-25(29)27-26-16-20-9-11-22(12-10-20)33-18-21-7-5-4-6-8-21/h4-16H,17-18H2,1-3H3,(H,27,29)/b26-16+. The largest absolute Gasteiger partial charge is 0.496 e. The number of likely N-dealkylation sites (N-methyl/N-ethyl adjacent to an activating group) is 1. The van der Waals surface area contributed by atoms with Crippen LogP contribution in [0.5, 0.6) is 11.5 Å². The molecule has 0 saturated carbocycles. The molecule has 0 aliphatic carbocycles. The van der Waals surface area contributed by atoms with Crippen LogP contribution in [0.1, 0.15) is 16.7 Å². The monoisotopic (exact) mass is 481 g/mol. The molecule has 3 rings (SSSR count). The molecule has 0 aliphatic rings. The average molecular weight is 482 g/mol. The predicted octanol–water partition coefficient (Wildman–Crippen LogP) is 3.35. The molecule has 0 heterocycles. The quantitative estimate of drug-likeness (QED) is 0.354. The van der Waals surface area contributed by atoms with Crippen molar-refractivity contribution in [2.24, 2.45) is 5.10 Å². The second-order valence-corrected chi connectivity index (χ2v) is 9.57. The summed E-state index contributed by atoms with van der Waals surface area (Å²) < 4.78 is 37.4. The van der Waals surface area contributed by atoms with Gasteiger partial charge in [-0.25, -0.2) is 13.8 Å². The zero-order chi connectivity index (χ0) is 24.6. The summed E-state index contributed by atoms with van der Waals surface area (Å²) in [7, 11) is -0.983. The van der Waals surface area contributed by atoms with Crippen LogP contribution in [0.4, 0.5) is 0 Å². The Morgan fingerprint density at radius 2 is 1.76 bits per heavy atom. The van der Waals surface area contributed by atoms with E-state index in [9.17, 15) is 13.2 Å². The maximum atomic E-state index is 12.7. The van der Waals surface area contributed by atoms with Gasteiger partial charge in [0.05, 0.1) is 24.8 Å². The second kappa shape index (κ2) is 11.4. The molecule has 1 amide bonds.